The first-order valence-electron chi connectivity index (χ1n) is 8.25. The molecule has 2 N–H and O–H groups in total. The molecule has 2 aliphatic rings. The average molecular weight is 268 g/mol. The molecule has 3 heteroatoms. The van der Waals surface area contributed by atoms with E-state index < -0.39 is 0 Å². The van der Waals surface area contributed by atoms with Crippen LogP contribution in [0.25, 0.3) is 0 Å². The van der Waals surface area contributed by atoms with Gasteiger partial charge in [-0.2, -0.15) is 0 Å². The molecular weight excluding hydrogens is 236 g/mol. The zero-order valence-corrected chi connectivity index (χ0v) is 12.8. The lowest BCUT2D eigenvalue weighted by molar-refractivity contribution is -0.0611. The first-order chi connectivity index (χ1) is 9.17. The van der Waals surface area contributed by atoms with Gasteiger partial charge in [-0.25, -0.2) is 0 Å². The molecule has 19 heavy (non-hydrogen) atoms. The summed E-state index contributed by atoms with van der Waals surface area (Å²) in [7, 11) is 0. The van der Waals surface area contributed by atoms with Gasteiger partial charge >= 0.3 is 0 Å². The second kappa shape index (κ2) is 7.61. The van der Waals surface area contributed by atoms with Crippen LogP contribution in [0.2, 0.25) is 0 Å². The molecule has 0 atom stereocenters. The van der Waals surface area contributed by atoms with E-state index in [1.807, 2.05) is 0 Å². The lowest BCUT2D eigenvalue weighted by Crippen LogP contribution is -2.40. The normalized spacial score (nSPS) is 30.9. The number of nitrogens with zero attached hydrogens (tertiary/aromatic N) is 1. The minimum atomic E-state index is 0.517. The molecule has 1 saturated heterocycles. The fraction of sp³-hybridized carbons (Fsp3) is 1.00. The summed E-state index contributed by atoms with van der Waals surface area (Å²) in [5, 5.41) is 0. The van der Waals surface area contributed by atoms with Crippen molar-refractivity contribution in [3.63, 3.8) is 0 Å². The maximum Gasteiger partial charge on any atom is 0.0603 e. The molecule has 0 radical (unpaired) electrons. The summed E-state index contributed by atoms with van der Waals surface area (Å²) in [6.45, 7) is 9.16. The molecule has 0 bridgehead atoms. The van der Waals surface area contributed by atoms with E-state index in [0.29, 0.717) is 12.2 Å². The highest BCUT2D eigenvalue weighted by Gasteiger charge is 2.26. The molecule has 0 aromatic carbocycles. The molecule has 3 nitrogen and oxygen atoms in total. The maximum absolute atomic E-state index is 6.31. The summed E-state index contributed by atoms with van der Waals surface area (Å²) < 4.78 is 6.31. The van der Waals surface area contributed by atoms with E-state index in [1.54, 1.807) is 0 Å². The van der Waals surface area contributed by atoms with Crippen molar-refractivity contribution in [1.82, 2.24) is 4.90 Å². The van der Waals surface area contributed by atoms with Gasteiger partial charge in [0.05, 0.1) is 12.2 Å². The third-order valence-electron chi connectivity index (χ3n) is 4.67. The lowest BCUT2D eigenvalue weighted by atomic mass is 9.87. The maximum atomic E-state index is 6.31. The fourth-order valence-electron chi connectivity index (χ4n) is 3.52. The predicted octanol–water partition coefficient (Wildman–Crippen LogP) is 2.64. The molecule has 1 heterocycles. The average Bonchev–Trinajstić information content (AvgIpc) is 2.41. The molecule has 0 aromatic rings. The van der Waals surface area contributed by atoms with E-state index >= 15 is 0 Å². The molecule has 0 amide bonds. The Kier molecular flexibility index (Phi) is 6.11. The van der Waals surface area contributed by atoms with Gasteiger partial charge in [-0.3, -0.25) is 0 Å². The first-order valence-corrected chi connectivity index (χ1v) is 8.25. The number of nitrogens with two attached hydrogens (primary N) is 1. The standard InChI is InChI=1S/C16H32N2O/c1-13(2)12-18-9-7-16(8-10-18)19-15-5-3-14(11-17)4-6-15/h13-16H,3-12,17H2,1-2H3/t14-,15-. The monoisotopic (exact) mass is 268 g/mol. The topological polar surface area (TPSA) is 38.5 Å². The Morgan fingerprint density at radius 1 is 1.00 bits per heavy atom. The minimum Gasteiger partial charge on any atom is -0.375 e. The van der Waals surface area contributed by atoms with Crippen molar-refractivity contribution in [2.24, 2.45) is 17.6 Å². The Balaban J connectivity index is 1.63. The molecule has 1 saturated carbocycles. The molecular formula is C16H32N2O. The van der Waals surface area contributed by atoms with Crippen LogP contribution in [0, 0.1) is 11.8 Å². The Morgan fingerprint density at radius 3 is 2.11 bits per heavy atom. The largest absolute Gasteiger partial charge is 0.375 e. The highest BCUT2D eigenvalue weighted by molar-refractivity contribution is 4.78. The van der Waals surface area contributed by atoms with E-state index in [1.165, 1.54) is 58.2 Å². The second-order valence-electron chi connectivity index (χ2n) is 6.91. The highest BCUT2D eigenvalue weighted by atomic mass is 16.5. The minimum absolute atomic E-state index is 0.517. The summed E-state index contributed by atoms with van der Waals surface area (Å²) >= 11 is 0. The van der Waals surface area contributed by atoms with E-state index in [-0.39, 0.29) is 0 Å². The Hall–Kier alpha value is -0.120. The van der Waals surface area contributed by atoms with Crippen LogP contribution < -0.4 is 5.73 Å². The van der Waals surface area contributed by atoms with Gasteiger partial charge in [0.1, 0.15) is 0 Å². The smallest absolute Gasteiger partial charge is 0.0603 e. The Labute approximate surface area is 118 Å². The number of rotatable bonds is 5. The van der Waals surface area contributed by atoms with Crippen molar-refractivity contribution in [1.29, 1.82) is 0 Å². The van der Waals surface area contributed by atoms with Gasteiger partial charge in [-0.05, 0) is 56.9 Å². The van der Waals surface area contributed by atoms with Crippen molar-refractivity contribution in [2.45, 2.75) is 64.6 Å². The van der Waals surface area contributed by atoms with Crippen LogP contribution in [-0.4, -0.2) is 43.3 Å². The van der Waals surface area contributed by atoms with Crippen LogP contribution in [0.3, 0.4) is 0 Å². The third-order valence-corrected chi connectivity index (χ3v) is 4.67. The number of hydrogen-bond donors (Lipinski definition) is 1. The van der Waals surface area contributed by atoms with E-state index in [2.05, 4.69) is 18.7 Å². The Morgan fingerprint density at radius 2 is 1.58 bits per heavy atom. The molecule has 0 unspecified atom stereocenters. The number of likely N-dealkylation sites (tertiary alicyclic amines) is 1. The van der Waals surface area contributed by atoms with Gasteiger partial charge in [0.15, 0.2) is 0 Å². The zero-order valence-electron chi connectivity index (χ0n) is 12.8. The summed E-state index contributed by atoms with van der Waals surface area (Å²) in [5.74, 6) is 1.54. The van der Waals surface area contributed by atoms with Gasteiger partial charge in [-0.1, -0.05) is 13.8 Å². The van der Waals surface area contributed by atoms with Gasteiger partial charge in [0, 0.05) is 19.6 Å². The van der Waals surface area contributed by atoms with Crippen LogP contribution in [0.1, 0.15) is 52.4 Å². The Bertz CT molecular complexity index is 241. The molecule has 0 spiro atoms. The van der Waals surface area contributed by atoms with Gasteiger partial charge in [0.2, 0.25) is 0 Å². The van der Waals surface area contributed by atoms with Crippen LogP contribution in [0.15, 0.2) is 0 Å². The van der Waals surface area contributed by atoms with E-state index in [9.17, 15) is 0 Å². The first kappa shape index (κ1) is 15.3. The number of ether oxygens (including phenoxy) is 1. The quantitative estimate of drug-likeness (QED) is 0.833. The van der Waals surface area contributed by atoms with Gasteiger partial charge in [0.25, 0.3) is 0 Å². The third kappa shape index (κ3) is 5.05. The van der Waals surface area contributed by atoms with Crippen LogP contribution in [0.5, 0.6) is 0 Å². The molecule has 0 aromatic heterocycles. The molecule has 2 rings (SSSR count). The lowest BCUT2D eigenvalue weighted by Gasteiger charge is -2.36. The van der Waals surface area contributed by atoms with Crippen molar-refractivity contribution < 1.29 is 4.74 Å². The fourth-order valence-corrected chi connectivity index (χ4v) is 3.52. The molecule has 1 aliphatic heterocycles. The SMILES string of the molecule is CC(C)CN1CCC(O[C@H]2CC[C@H](CN)CC2)CC1. The van der Waals surface area contributed by atoms with Crippen molar-refractivity contribution in [3.8, 4) is 0 Å². The molecule has 1 aliphatic carbocycles. The van der Waals surface area contributed by atoms with Crippen LogP contribution >= 0.6 is 0 Å². The van der Waals surface area contributed by atoms with E-state index in [4.69, 9.17) is 10.5 Å². The summed E-state index contributed by atoms with van der Waals surface area (Å²) in [5.41, 5.74) is 5.74. The van der Waals surface area contributed by atoms with Crippen molar-refractivity contribution >= 4 is 0 Å². The van der Waals surface area contributed by atoms with Crippen molar-refractivity contribution in [3.05, 3.63) is 0 Å². The number of piperidine rings is 1. The van der Waals surface area contributed by atoms with Crippen LogP contribution in [0.4, 0.5) is 0 Å². The zero-order chi connectivity index (χ0) is 13.7. The summed E-state index contributed by atoms with van der Waals surface area (Å²) in [6, 6.07) is 0. The highest BCUT2D eigenvalue weighted by Crippen LogP contribution is 2.28. The summed E-state index contributed by atoms with van der Waals surface area (Å²) in [6.07, 6.45) is 8.49. The molecule has 112 valence electrons. The number of hydrogen-bond acceptors (Lipinski definition) is 3. The van der Waals surface area contributed by atoms with Crippen molar-refractivity contribution in [2.75, 3.05) is 26.2 Å². The predicted molar refractivity (Wildman–Crippen MR) is 80.2 cm³/mol. The summed E-state index contributed by atoms with van der Waals surface area (Å²) in [4.78, 5) is 2.59. The van der Waals surface area contributed by atoms with Gasteiger partial charge < -0.3 is 15.4 Å². The second-order valence-corrected chi connectivity index (χ2v) is 6.91. The van der Waals surface area contributed by atoms with Gasteiger partial charge in [-0.15, -0.1) is 0 Å². The van der Waals surface area contributed by atoms with E-state index in [0.717, 1.165) is 18.4 Å². The van der Waals surface area contributed by atoms with Crippen LogP contribution in [-0.2, 0) is 4.74 Å². The molecule has 2 fully saturated rings.